The van der Waals surface area contributed by atoms with Gasteiger partial charge in [0.2, 0.25) is 5.82 Å². The van der Waals surface area contributed by atoms with Crippen molar-refractivity contribution in [2.75, 3.05) is 5.32 Å². The lowest BCUT2D eigenvalue weighted by atomic mass is 10.2. The lowest BCUT2D eigenvalue weighted by Gasteiger charge is -2.02. The maximum Gasteiger partial charge on any atom is 0.295 e. The molecule has 0 aliphatic rings. The zero-order valence-electron chi connectivity index (χ0n) is 11.8. The molecule has 22 heavy (non-hydrogen) atoms. The van der Waals surface area contributed by atoms with Crippen LogP contribution in [-0.4, -0.2) is 20.7 Å². The van der Waals surface area contributed by atoms with Crippen LogP contribution in [0.2, 0.25) is 0 Å². The van der Waals surface area contributed by atoms with Gasteiger partial charge in [0.25, 0.3) is 5.91 Å². The van der Waals surface area contributed by atoms with Gasteiger partial charge in [0, 0.05) is 5.69 Å². The van der Waals surface area contributed by atoms with Crippen LogP contribution < -0.4 is 5.32 Å². The monoisotopic (exact) mass is 296 g/mol. The molecule has 1 N–H and O–H groups in total. The Bertz CT molecular complexity index is 811. The molecule has 3 rings (SSSR count). The lowest BCUT2D eigenvalue weighted by Crippen LogP contribution is -2.14. The Hall–Kier alpha value is -3.02. The second-order valence-electron chi connectivity index (χ2n) is 4.81. The molecule has 6 heteroatoms. The van der Waals surface area contributed by atoms with Crippen LogP contribution >= 0.6 is 0 Å². The summed E-state index contributed by atoms with van der Waals surface area (Å²) in [4.78, 5) is 16.1. The van der Waals surface area contributed by atoms with Crippen LogP contribution in [0.3, 0.4) is 0 Å². The molecule has 0 fully saturated rings. The Labute approximate surface area is 126 Å². The fraction of sp³-hybridized carbons (Fsp3) is 0.0625. The van der Waals surface area contributed by atoms with Crippen molar-refractivity contribution in [1.82, 2.24) is 14.8 Å². The van der Waals surface area contributed by atoms with Gasteiger partial charge in [-0.1, -0.05) is 12.1 Å². The molecule has 0 radical (unpaired) electrons. The van der Waals surface area contributed by atoms with E-state index in [1.807, 2.05) is 31.2 Å². The Morgan fingerprint density at radius 3 is 2.68 bits per heavy atom. The van der Waals surface area contributed by atoms with Crippen molar-refractivity contribution in [2.45, 2.75) is 6.92 Å². The topological polar surface area (TPSA) is 59.8 Å². The molecule has 3 aromatic rings. The summed E-state index contributed by atoms with van der Waals surface area (Å²) in [6.45, 7) is 1.97. The van der Waals surface area contributed by atoms with Gasteiger partial charge in [-0.2, -0.15) is 0 Å². The molecule has 1 amide bonds. The number of halogens is 1. The van der Waals surface area contributed by atoms with E-state index in [1.165, 1.54) is 35.3 Å². The molecule has 0 saturated heterocycles. The summed E-state index contributed by atoms with van der Waals surface area (Å²) in [5, 5.41) is 6.77. The molecule has 2 aromatic carbocycles. The average molecular weight is 296 g/mol. The third-order valence-electron chi connectivity index (χ3n) is 3.06. The second kappa shape index (κ2) is 5.77. The van der Waals surface area contributed by atoms with Crippen LogP contribution in [0, 0.1) is 12.7 Å². The number of aromatic nitrogens is 3. The quantitative estimate of drug-likeness (QED) is 0.808. The van der Waals surface area contributed by atoms with Gasteiger partial charge in [-0.15, -0.1) is 5.10 Å². The van der Waals surface area contributed by atoms with Crippen molar-refractivity contribution < 1.29 is 9.18 Å². The maximum atomic E-state index is 12.8. The number of carbonyl (C=O) groups is 1. The van der Waals surface area contributed by atoms with Gasteiger partial charge in [-0.05, 0) is 48.9 Å². The third kappa shape index (κ3) is 3.01. The minimum absolute atomic E-state index is 0.0471. The van der Waals surface area contributed by atoms with Crippen molar-refractivity contribution in [1.29, 1.82) is 0 Å². The smallest absolute Gasteiger partial charge is 0.295 e. The summed E-state index contributed by atoms with van der Waals surface area (Å²) < 4.78 is 14.4. The summed E-state index contributed by atoms with van der Waals surface area (Å²) in [5.41, 5.74) is 2.40. The predicted molar refractivity (Wildman–Crippen MR) is 80.4 cm³/mol. The van der Waals surface area contributed by atoms with Gasteiger partial charge in [0.15, 0.2) is 0 Å². The fourth-order valence-electron chi connectivity index (χ4n) is 1.98. The van der Waals surface area contributed by atoms with Crippen LogP contribution in [-0.2, 0) is 0 Å². The molecule has 0 unspecified atom stereocenters. The number of nitrogens with one attached hydrogen (secondary N) is 1. The first-order valence-corrected chi connectivity index (χ1v) is 6.67. The van der Waals surface area contributed by atoms with E-state index in [0.29, 0.717) is 5.69 Å². The number of benzene rings is 2. The standard InChI is InChI=1S/C16H13FN4O/c1-11-3-2-4-14(9-11)21-10-18-15(20-21)16(22)19-13-7-5-12(17)6-8-13/h2-10H,1H3,(H,19,22). The van der Waals surface area contributed by atoms with E-state index in [2.05, 4.69) is 15.4 Å². The van der Waals surface area contributed by atoms with Crippen LogP contribution in [0.1, 0.15) is 16.2 Å². The van der Waals surface area contributed by atoms with E-state index >= 15 is 0 Å². The summed E-state index contributed by atoms with van der Waals surface area (Å²) in [5.74, 6) is -0.760. The first-order valence-electron chi connectivity index (χ1n) is 6.67. The Balaban J connectivity index is 1.78. The minimum Gasteiger partial charge on any atom is -0.319 e. The van der Waals surface area contributed by atoms with Crippen molar-refractivity contribution in [3.8, 4) is 5.69 Å². The maximum absolute atomic E-state index is 12.8. The van der Waals surface area contributed by atoms with Gasteiger partial charge in [0.05, 0.1) is 5.69 Å². The van der Waals surface area contributed by atoms with E-state index in [-0.39, 0.29) is 11.6 Å². The van der Waals surface area contributed by atoms with Crippen LogP contribution in [0.4, 0.5) is 10.1 Å². The molecular weight excluding hydrogens is 283 g/mol. The number of carbonyl (C=O) groups excluding carboxylic acids is 1. The molecule has 5 nitrogen and oxygen atoms in total. The molecule has 0 bridgehead atoms. The Morgan fingerprint density at radius 1 is 1.18 bits per heavy atom. The number of rotatable bonds is 3. The van der Waals surface area contributed by atoms with E-state index in [0.717, 1.165) is 11.3 Å². The first kappa shape index (κ1) is 13.9. The molecule has 0 aliphatic heterocycles. The highest BCUT2D eigenvalue weighted by Crippen LogP contribution is 2.11. The van der Waals surface area contributed by atoms with E-state index in [1.54, 1.807) is 0 Å². The largest absolute Gasteiger partial charge is 0.319 e. The lowest BCUT2D eigenvalue weighted by molar-refractivity contribution is 0.101. The zero-order valence-corrected chi connectivity index (χ0v) is 11.8. The minimum atomic E-state index is -0.446. The molecule has 0 aliphatic carbocycles. The number of hydrogen-bond acceptors (Lipinski definition) is 3. The Morgan fingerprint density at radius 2 is 1.95 bits per heavy atom. The summed E-state index contributed by atoms with van der Waals surface area (Å²) >= 11 is 0. The van der Waals surface area contributed by atoms with Gasteiger partial charge in [-0.3, -0.25) is 4.79 Å². The predicted octanol–water partition coefficient (Wildman–Crippen LogP) is 2.97. The first-order chi connectivity index (χ1) is 10.6. The van der Waals surface area contributed by atoms with Crippen LogP contribution in [0.15, 0.2) is 54.9 Å². The van der Waals surface area contributed by atoms with Crippen molar-refractivity contribution >= 4 is 11.6 Å². The highest BCUT2D eigenvalue weighted by Gasteiger charge is 2.12. The molecular formula is C16H13FN4O. The van der Waals surface area contributed by atoms with E-state index in [9.17, 15) is 9.18 Å². The second-order valence-corrected chi connectivity index (χ2v) is 4.81. The number of anilines is 1. The molecule has 0 spiro atoms. The summed E-state index contributed by atoms with van der Waals surface area (Å²) in [6.07, 6.45) is 1.48. The highest BCUT2D eigenvalue weighted by atomic mass is 19.1. The van der Waals surface area contributed by atoms with Gasteiger partial charge >= 0.3 is 0 Å². The number of nitrogens with zero attached hydrogens (tertiary/aromatic N) is 3. The van der Waals surface area contributed by atoms with Gasteiger partial charge < -0.3 is 5.32 Å². The van der Waals surface area contributed by atoms with E-state index in [4.69, 9.17) is 0 Å². The van der Waals surface area contributed by atoms with Crippen molar-refractivity contribution in [2.24, 2.45) is 0 Å². The van der Waals surface area contributed by atoms with Gasteiger partial charge in [-0.25, -0.2) is 14.1 Å². The van der Waals surface area contributed by atoms with E-state index < -0.39 is 5.91 Å². The van der Waals surface area contributed by atoms with Crippen molar-refractivity contribution in [3.63, 3.8) is 0 Å². The molecule has 1 aromatic heterocycles. The van der Waals surface area contributed by atoms with Crippen LogP contribution in [0.5, 0.6) is 0 Å². The SMILES string of the molecule is Cc1cccc(-n2cnc(C(=O)Nc3ccc(F)cc3)n2)c1. The highest BCUT2D eigenvalue weighted by molar-refractivity contribution is 6.01. The normalized spacial score (nSPS) is 10.5. The number of aryl methyl sites for hydroxylation is 1. The van der Waals surface area contributed by atoms with Gasteiger partial charge in [0.1, 0.15) is 12.1 Å². The molecule has 0 atom stereocenters. The Kier molecular flexibility index (Phi) is 3.65. The summed E-state index contributed by atoms with van der Waals surface area (Å²) in [7, 11) is 0. The van der Waals surface area contributed by atoms with Crippen molar-refractivity contribution in [3.05, 3.63) is 72.1 Å². The van der Waals surface area contributed by atoms with Crippen LogP contribution in [0.25, 0.3) is 5.69 Å². The number of hydrogen-bond donors (Lipinski definition) is 1. The molecule has 0 saturated carbocycles. The third-order valence-corrected chi connectivity index (χ3v) is 3.06. The fourth-order valence-corrected chi connectivity index (χ4v) is 1.98. The molecule has 1 heterocycles. The average Bonchev–Trinajstić information content (AvgIpc) is 3.00. The molecule has 110 valence electrons. The zero-order chi connectivity index (χ0) is 15.5. The summed E-state index contributed by atoms with van der Waals surface area (Å²) in [6, 6.07) is 13.2. The number of amides is 1.